The number of aryl methyl sites for hydroxylation is 1. The van der Waals surface area contributed by atoms with Gasteiger partial charge in [0.25, 0.3) is 0 Å². The van der Waals surface area contributed by atoms with Gasteiger partial charge in [-0.15, -0.1) is 0 Å². The number of carbonyl (C=O) groups is 2. The van der Waals surface area contributed by atoms with E-state index in [1.165, 1.54) is 18.2 Å². The number of ether oxygens (including phenoxy) is 1. The number of nitrogens with one attached hydrogen (secondary N) is 3. The summed E-state index contributed by atoms with van der Waals surface area (Å²) < 4.78 is 56.0. The van der Waals surface area contributed by atoms with E-state index in [9.17, 15) is 23.3 Å². The molecule has 352 valence electrons. The fraction of sp³-hybridized carbons (Fsp3) is 0.404. The first kappa shape index (κ1) is 46.4. The van der Waals surface area contributed by atoms with Gasteiger partial charge in [0.2, 0.25) is 17.8 Å². The van der Waals surface area contributed by atoms with Crippen LogP contribution in [0.3, 0.4) is 0 Å². The van der Waals surface area contributed by atoms with Crippen LogP contribution in [-0.4, -0.2) is 113 Å². The number of piperazine rings is 1. The zero-order valence-corrected chi connectivity index (χ0v) is 40.2. The molecule has 9 rings (SSSR count). The average Bonchev–Trinajstić information content (AvgIpc) is 3.64. The molecular weight excluding hydrogens is 949 g/mol. The summed E-state index contributed by atoms with van der Waals surface area (Å²) >= 11 is 3.56. The summed E-state index contributed by atoms with van der Waals surface area (Å²) in [7, 11) is -1.22. The lowest BCUT2D eigenvalue weighted by molar-refractivity contribution is -0.135. The summed E-state index contributed by atoms with van der Waals surface area (Å²) in [6.45, 7) is 11.7. The Morgan fingerprint density at radius 3 is 2.43 bits per heavy atom. The van der Waals surface area contributed by atoms with Crippen molar-refractivity contribution in [2.45, 2.75) is 57.5 Å². The number of anilines is 5. The van der Waals surface area contributed by atoms with Crippen molar-refractivity contribution < 1.29 is 32.1 Å². The predicted octanol–water partition coefficient (Wildman–Crippen LogP) is 7.09. The normalized spacial score (nSPS) is 17.9. The number of carbonyl (C=O) groups excluding carboxylic acids is 2. The van der Waals surface area contributed by atoms with E-state index in [0.29, 0.717) is 67.6 Å². The molecule has 6 aromatic rings. The van der Waals surface area contributed by atoms with Gasteiger partial charge in [-0.2, -0.15) is 4.98 Å². The number of amides is 2. The van der Waals surface area contributed by atoms with Crippen molar-refractivity contribution in [3.63, 3.8) is 0 Å². The van der Waals surface area contributed by atoms with Gasteiger partial charge in [0.15, 0.2) is 11.4 Å². The first-order valence-electron chi connectivity index (χ1n) is 22.5. The molecule has 3 N–H and O–H groups in total. The lowest BCUT2D eigenvalue weighted by Crippen LogP contribution is -2.53. The minimum Gasteiger partial charge on any atom is -0.494 e. The molecule has 20 heteroatoms. The highest BCUT2D eigenvalue weighted by Crippen LogP contribution is 2.42. The third kappa shape index (κ3) is 9.69. The fourth-order valence-corrected chi connectivity index (χ4v) is 11.4. The van der Waals surface area contributed by atoms with Gasteiger partial charge < -0.3 is 34.2 Å². The van der Waals surface area contributed by atoms with Gasteiger partial charge in [-0.25, -0.2) is 18.6 Å². The van der Waals surface area contributed by atoms with Crippen molar-refractivity contribution in [1.29, 1.82) is 0 Å². The summed E-state index contributed by atoms with van der Waals surface area (Å²) in [5, 5.41) is 10.0. The molecule has 0 spiro atoms. The average molecular weight is 1000 g/mol. The first-order chi connectivity index (χ1) is 32.2. The zero-order valence-electron chi connectivity index (χ0n) is 37.7. The van der Waals surface area contributed by atoms with Crippen molar-refractivity contribution in [3.8, 4) is 5.75 Å². The maximum Gasteiger partial charge on any atom is 0.420 e. The Hall–Kier alpha value is -5.75. The van der Waals surface area contributed by atoms with Gasteiger partial charge in [-0.1, -0.05) is 6.92 Å². The summed E-state index contributed by atoms with van der Waals surface area (Å²) in [5.41, 5.74) is 4.66. The van der Waals surface area contributed by atoms with Crippen molar-refractivity contribution in [3.05, 3.63) is 92.6 Å². The highest BCUT2D eigenvalue weighted by atomic mass is 79.9. The molecular formula is C47H52BrF2N10O6P. The zero-order chi connectivity index (χ0) is 47.1. The number of rotatable bonds is 13. The second-order valence-electron chi connectivity index (χ2n) is 17.7. The molecule has 3 aromatic heterocycles. The smallest absolute Gasteiger partial charge is 0.420 e. The quantitative estimate of drug-likeness (QED) is 0.0789. The van der Waals surface area contributed by atoms with Crippen LogP contribution in [0.4, 0.5) is 37.6 Å². The van der Waals surface area contributed by atoms with Gasteiger partial charge in [0.1, 0.15) is 36.1 Å². The molecule has 67 heavy (non-hydrogen) atoms. The molecule has 0 saturated carbocycles. The lowest BCUT2D eigenvalue weighted by Gasteiger charge is -2.43. The molecule has 0 unspecified atom stereocenters. The largest absolute Gasteiger partial charge is 0.494 e. The minimum absolute atomic E-state index is 0.0568. The van der Waals surface area contributed by atoms with Gasteiger partial charge >= 0.3 is 5.76 Å². The highest BCUT2D eigenvalue weighted by Gasteiger charge is 2.33. The van der Waals surface area contributed by atoms with E-state index in [2.05, 4.69) is 75.6 Å². The molecule has 3 saturated heterocycles. The number of fused-ring (bicyclic) bond motifs is 2. The van der Waals surface area contributed by atoms with E-state index in [1.807, 2.05) is 0 Å². The Balaban J connectivity index is 0.807. The molecule has 1 atom stereocenters. The second kappa shape index (κ2) is 19.1. The Morgan fingerprint density at radius 2 is 1.72 bits per heavy atom. The highest BCUT2D eigenvalue weighted by molar-refractivity contribution is 9.10. The molecule has 3 aromatic carbocycles. The number of imide groups is 1. The van der Waals surface area contributed by atoms with Gasteiger partial charge in [0, 0.05) is 93.0 Å². The van der Waals surface area contributed by atoms with Crippen molar-refractivity contribution in [2.75, 3.05) is 81.8 Å². The van der Waals surface area contributed by atoms with Crippen LogP contribution < -0.4 is 36.6 Å². The molecule has 0 bridgehead atoms. The van der Waals surface area contributed by atoms with E-state index in [1.54, 1.807) is 45.0 Å². The van der Waals surface area contributed by atoms with Crippen molar-refractivity contribution >= 4 is 91.0 Å². The monoisotopic (exact) mass is 1000 g/mol. The molecule has 0 aliphatic carbocycles. The van der Waals surface area contributed by atoms with E-state index < -0.39 is 42.4 Å². The van der Waals surface area contributed by atoms with Crippen LogP contribution in [0.1, 0.15) is 49.8 Å². The Labute approximate surface area is 394 Å². The third-order valence-corrected chi connectivity index (χ3v) is 15.2. The number of nitrogens with zero attached hydrogens (tertiary/aromatic N) is 7. The Morgan fingerprint density at radius 1 is 0.940 bits per heavy atom. The summed E-state index contributed by atoms with van der Waals surface area (Å²) in [6, 6.07) is 11.0. The number of hydrogen-bond donors (Lipinski definition) is 3. The fourth-order valence-electron chi connectivity index (χ4n) is 9.69. The van der Waals surface area contributed by atoms with E-state index in [0.717, 1.165) is 80.9 Å². The van der Waals surface area contributed by atoms with Crippen LogP contribution in [-0.2, 0) is 27.0 Å². The van der Waals surface area contributed by atoms with Crippen LogP contribution in [0.2, 0.25) is 0 Å². The first-order valence-corrected chi connectivity index (χ1v) is 25.9. The molecule has 0 radical (unpaired) electrons. The molecule has 3 fully saturated rings. The summed E-state index contributed by atoms with van der Waals surface area (Å²) in [5.74, 6) is -1.53. The number of halogens is 3. The van der Waals surface area contributed by atoms with Gasteiger partial charge in [0.05, 0.1) is 34.7 Å². The van der Waals surface area contributed by atoms with Crippen LogP contribution >= 0.6 is 23.1 Å². The van der Waals surface area contributed by atoms with Crippen LogP contribution in [0.5, 0.6) is 5.75 Å². The number of benzene rings is 3. The van der Waals surface area contributed by atoms with Crippen LogP contribution in [0.15, 0.2) is 68.5 Å². The maximum atomic E-state index is 15.5. The van der Waals surface area contributed by atoms with Gasteiger partial charge in [-0.3, -0.25) is 29.4 Å². The van der Waals surface area contributed by atoms with Crippen LogP contribution in [0.25, 0.3) is 22.0 Å². The number of piperidine rings is 2. The topological polar surface area (TPSA) is 180 Å². The SMILES string of the molecule is CCc1cc(Nc2ncc(Br)c(Nc3cnc4cc(F)ccc4c3P(C)(C)=O)n2)c(OC)cc1N1CCC(N2CCN(CCc3cc(F)c4c(c3)oc(=O)n4[C@H]3CCC(=O)NC3=O)CC2)CC1. The standard InChI is InChI=1S/C47H52BrF2N10O6P/c1-5-28-22-35(54-46-52-25-32(48)44(56-46)53-36-26-51-34-23-29(49)6-7-31(34)43(36)67(3,4)64)39(65-2)24-38(28)59-14-11-30(12-15-59)58-18-16-57(17-19-58)13-10-27-20-33(50)42-40(21-27)66-47(63)60(42)37-8-9-41(61)55-45(37)62/h6-7,20-26,30,37H,5,8-19H2,1-4H3,(H,55,61,62)(H2,52,53,54,56)/t37-/m0/s1. The minimum atomic E-state index is -2.86. The molecule has 6 heterocycles. The van der Waals surface area contributed by atoms with E-state index >= 15 is 4.39 Å². The molecule has 16 nitrogen and oxygen atoms in total. The van der Waals surface area contributed by atoms with Gasteiger partial charge in [-0.05, 0) is 103 Å². The predicted molar refractivity (Wildman–Crippen MR) is 258 cm³/mol. The lowest BCUT2D eigenvalue weighted by atomic mass is 9.99. The molecule has 3 aliphatic rings. The van der Waals surface area contributed by atoms with Crippen molar-refractivity contribution in [1.82, 2.24) is 34.6 Å². The summed E-state index contributed by atoms with van der Waals surface area (Å²) in [6.07, 6.45) is 6.75. The Kier molecular flexibility index (Phi) is 13.2. The maximum absolute atomic E-state index is 15.5. The number of methoxy groups -OCH3 is 1. The number of pyridine rings is 1. The number of hydrogen-bond acceptors (Lipinski definition) is 14. The second-order valence-corrected chi connectivity index (χ2v) is 21.7. The Bertz CT molecular complexity index is 3000. The number of aromatic nitrogens is 4. The van der Waals surface area contributed by atoms with E-state index in [4.69, 9.17) is 14.1 Å². The van der Waals surface area contributed by atoms with Crippen molar-refractivity contribution in [2.24, 2.45) is 0 Å². The molecule has 2 amide bonds. The summed E-state index contributed by atoms with van der Waals surface area (Å²) in [4.78, 5) is 58.0. The van der Waals surface area contributed by atoms with E-state index in [-0.39, 0.29) is 23.9 Å². The van der Waals surface area contributed by atoms with Crippen LogP contribution in [0, 0.1) is 11.6 Å². The third-order valence-electron chi connectivity index (χ3n) is 13.1. The number of oxazole rings is 1. The molecule has 3 aliphatic heterocycles.